The largest absolute Gasteiger partial charge is 0.355 e. The summed E-state index contributed by atoms with van der Waals surface area (Å²) >= 11 is 0. The third-order valence-corrected chi connectivity index (χ3v) is 3.02. The van der Waals surface area contributed by atoms with Crippen LogP contribution in [-0.2, 0) is 0 Å². The molecule has 0 fully saturated rings. The van der Waals surface area contributed by atoms with Gasteiger partial charge in [0.2, 0.25) is 0 Å². The summed E-state index contributed by atoms with van der Waals surface area (Å²) in [6.07, 6.45) is 1.61. The number of para-hydroxylation sites is 1. The number of benzene rings is 2. The van der Waals surface area contributed by atoms with E-state index < -0.39 is 0 Å². The zero-order valence-electron chi connectivity index (χ0n) is 10.5. The second-order valence-electron chi connectivity index (χ2n) is 4.49. The number of nitrogens with zero attached hydrogens (tertiary/aromatic N) is 1. The van der Waals surface area contributed by atoms with Crippen LogP contribution in [0.3, 0.4) is 0 Å². The molecule has 3 aromatic rings. The summed E-state index contributed by atoms with van der Waals surface area (Å²) < 4.78 is 13.7. The Bertz CT molecular complexity index is 738. The van der Waals surface area contributed by atoms with Crippen LogP contribution in [0.1, 0.15) is 5.56 Å². The van der Waals surface area contributed by atoms with Gasteiger partial charge in [0.25, 0.3) is 0 Å². The fraction of sp³-hybridized carbons (Fsp3) is 0.0625. The van der Waals surface area contributed by atoms with Gasteiger partial charge in [-0.05, 0) is 36.8 Å². The maximum atomic E-state index is 13.7. The first kappa shape index (κ1) is 11.7. The lowest BCUT2D eigenvalue weighted by Gasteiger charge is -2.10. The number of halogens is 1. The molecule has 0 radical (unpaired) electrons. The zero-order valence-corrected chi connectivity index (χ0v) is 10.5. The second kappa shape index (κ2) is 4.69. The standard InChI is InChI=1S/C16H13FN2/c1-11-4-2-5-12(10-11)19-15-8-9-18-16-13(15)6-3-7-14(16)17/h2-10H,1H3,(H,18,19). The van der Waals surface area contributed by atoms with Crippen molar-refractivity contribution in [2.75, 3.05) is 5.32 Å². The Balaban J connectivity index is 2.08. The molecule has 3 heteroatoms. The van der Waals surface area contributed by atoms with Crippen LogP contribution in [0.2, 0.25) is 0 Å². The zero-order chi connectivity index (χ0) is 13.2. The van der Waals surface area contributed by atoms with Crippen molar-refractivity contribution in [1.82, 2.24) is 4.98 Å². The van der Waals surface area contributed by atoms with Crippen LogP contribution in [0.25, 0.3) is 10.9 Å². The highest BCUT2D eigenvalue weighted by atomic mass is 19.1. The van der Waals surface area contributed by atoms with E-state index in [1.54, 1.807) is 12.3 Å². The number of hydrogen-bond donors (Lipinski definition) is 1. The SMILES string of the molecule is Cc1cccc(Nc2ccnc3c(F)cccc23)c1. The van der Waals surface area contributed by atoms with E-state index in [1.807, 2.05) is 43.3 Å². The summed E-state index contributed by atoms with van der Waals surface area (Å²) in [7, 11) is 0. The molecule has 0 amide bonds. The van der Waals surface area contributed by atoms with Crippen molar-refractivity contribution in [3.8, 4) is 0 Å². The van der Waals surface area contributed by atoms with Crippen molar-refractivity contribution >= 4 is 22.3 Å². The van der Waals surface area contributed by atoms with Gasteiger partial charge >= 0.3 is 0 Å². The summed E-state index contributed by atoms with van der Waals surface area (Å²) in [5, 5.41) is 4.09. The first-order valence-corrected chi connectivity index (χ1v) is 6.11. The lowest BCUT2D eigenvalue weighted by molar-refractivity contribution is 0.637. The van der Waals surface area contributed by atoms with Gasteiger partial charge in [0.1, 0.15) is 11.3 Å². The van der Waals surface area contributed by atoms with Crippen molar-refractivity contribution in [2.24, 2.45) is 0 Å². The molecule has 0 aliphatic heterocycles. The minimum atomic E-state index is -0.301. The van der Waals surface area contributed by atoms with E-state index >= 15 is 0 Å². The first-order valence-electron chi connectivity index (χ1n) is 6.11. The number of aromatic nitrogens is 1. The summed E-state index contributed by atoms with van der Waals surface area (Å²) in [6.45, 7) is 2.04. The minimum absolute atomic E-state index is 0.301. The van der Waals surface area contributed by atoms with Crippen LogP contribution in [0, 0.1) is 12.7 Å². The van der Waals surface area contributed by atoms with E-state index in [-0.39, 0.29) is 5.82 Å². The molecule has 3 rings (SSSR count). The Morgan fingerprint density at radius 2 is 1.89 bits per heavy atom. The molecule has 0 bridgehead atoms. The fourth-order valence-corrected chi connectivity index (χ4v) is 2.13. The van der Waals surface area contributed by atoms with Crippen molar-refractivity contribution in [3.05, 3.63) is 66.1 Å². The molecule has 0 saturated carbocycles. The number of pyridine rings is 1. The molecule has 0 aliphatic carbocycles. The van der Waals surface area contributed by atoms with Crippen LogP contribution < -0.4 is 5.32 Å². The molecule has 1 heterocycles. The molecule has 2 aromatic carbocycles. The first-order chi connectivity index (χ1) is 9.24. The van der Waals surface area contributed by atoms with Crippen molar-refractivity contribution < 1.29 is 4.39 Å². The predicted octanol–water partition coefficient (Wildman–Crippen LogP) is 4.43. The summed E-state index contributed by atoms with van der Waals surface area (Å²) in [6, 6.07) is 14.9. The van der Waals surface area contributed by atoms with Gasteiger partial charge in [0.05, 0.1) is 0 Å². The smallest absolute Gasteiger partial charge is 0.149 e. The molecule has 0 atom stereocenters. The number of hydrogen-bond acceptors (Lipinski definition) is 2. The average molecular weight is 252 g/mol. The topological polar surface area (TPSA) is 24.9 Å². The third-order valence-electron chi connectivity index (χ3n) is 3.02. The molecule has 0 spiro atoms. The third kappa shape index (κ3) is 2.27. The number of anilines is 2. The monoisotopic (exact) mass is 252 g/mol. The number of aryl methyl sites for hydroxylation is 1. The molecule has 94 valence electrons. The Kier molecular flexibility index (Phi) is 2.88. The maximum absolute atomic E-state index is 13.7. The maximum Gasteiger partial charge on any atom is 0.149 e. The van der Waals surface area contributed by atoms with E-state index in [9.17, 15) is 4.39 Å². The summed E-state index contributed by atoms with van der Waals surface area (Å²) in [5.74, 6) is -0.301. The average Bonchev–Trinajstić information content (AvgIpc) is 2.40. The van der Waals surface area contributed by atoms with E-state index in [0.717, 1.165) is 16.8 Å². The van der Waals surface area contributed by atoms with Gasteiger partial charge in [-0.25, -0.2) is 4.39 Å². The Labute approximate surface area is 110 Å². The molecule has 2 nitrogen and oxygen atoms in total. The van der Waals surface area contributed by atoms with Crippen LogP contribution >= 0.6 is 0 Å². The number of fused-ring (bicyclic) bond motifs is 1. The molecule has 1 N–H and O–H groups in total. The Morgan fingerprint density at radius 3 is 2.74 bits per heavy atom. The normalized spacial score (nSPS) is 10.6. The van der Waals surface area contributed by atoms with E-state index in [4.69, 9.17) is 0 Å². The van der Waals surface area contributed by atoms with Crippen LogP contribution in [0.4, 0.5) is 15.8 Å². The highest BCUT2D eigenvalue weighted by Gasteiger charge is 2.05. The molecule has 0 saturated heterocycles. The van der Waals surface area contributed by atoms with Crippen molar-refractivity contribution in [3.63, 3.8) is 0 Å². The van der Waals surface area contributed by atoms with Crippen LogP contribution in [0.15, 0.2) is 54.7 Å². The Hall–Kier alpha value is -2.42. The van der Waals surface area contributed by atoms with Gasteiger partial charge in [-0.1, -0.05) is 24.3 Å². The highest BCUT2D eigenvalue weighted by molar-refractivity contribution is 5.93. The van der Waals surface area contributed by atoms with Gasteiger partial charge in [-0.15, -0.1) is 0 Å². The molecule has 19 heavy (non-hydrogen) atoms. The molecular weight excluding hydrogens is 239 g/mol. The van der Waals surface area contributed by atoms with Gasteiger partial charge in [0.15, 0.2) is 0 Å². The van der Waals surface area contributed by atoms with E-state index in [1.165, 1.54) is 11.6 Å². The predicted molar refractivity (Wildman–Crippen MR) is 76.2 cm³/mol. The molecule has 0 unspecified atom stereocenters. The fourth-order valence-electron chi connectivity index (χ4n) is 2.13. The lowest BCUT2D eigenvalue weighted by Crippen LogP contribution is -1.94. The van der Waals surface area contributed by atoms with Crippen molar-refractivity contribution in [1.29, 1.82) is 0 Å². The van der Waals surface area contributed by atoms with Gasteiger partial charge in [-0.2, -0.15) is 0 Å². The van der Waals surface area contributed by atoms with Gasteiger partial charge in [0, 0.05) is 23.0 Å². The van der Waals surface area contributed by atoms with E-state index in [0.29, 0.717) is 5.52 Å². The minimum Gasteiger partial charge on any atom is -0.355 e. The highest BCUT2D eigenvalue weighted by Crippen LogP contribution is 2.26. The summed E-state index contributed by atoms with van der Waals surface area (Å²) in [5.41, 5.74) is 3.40. The molecule has 1 aromatic heterocycles. The van der Waals surface area contributed by atoms with Gasteiger partial charge in [-0.3, -0.25) is 4.98 Å². The summed E-state index contributed by atoms with van der Waals surface area (Å²) in [4.78, 5) is 4.09. The Morgan fingerprint density at radius 1 is 1.05 bits per heavy atom. The quantitative estimate of drug-likeness (QED) is 0.730. The lowest BCUT2D eigenvalue weighted by atomic mass is 10.1. The number of rotatable bonds is 2. The van der Waals surface area contributed by atoms with Crippen LogP contribution in [0.5, 0.6) is 0 Å². The van der Waals surface area contributed by atoms with Crippen molar-refractivity contribution in [2.45, 2.75) is 6.92 Å². The second-order valence-corrected chi connectivity index (χ2v) is 4.49. The van der Waals surface area contributed by atoms with Gasteiger partial charge < -0.3 is 5.32 Å². The molecule has 0 aliphatic rings. The van der Waals surface area contributed by atoms with E-state index in [2.05, 4.69) is 10.3 Å². The number of nitrogens with one attached hydrogen (secondary N) is 1. The molecular formula is C16H13FN2. The van der Waals surface area contributed by atoms with Crippen LogP contribution in [-0.4, -0.2) is 4.98 Å².